The van der Waals surface area contributed by atoms with Crippen molar-refractivity contribution in [3.05, 3.63) is 107 Å². The Morgan fingerprint density at radius 3 is 2.79 bits per heavy atom. The van der Waals surface area contributed by atoms with Gasteiger partial charge in [0.15, 0.2) is 0 Å². The highest BCUT2D eigenvalue weighted by Crippen LogP contribution is 2.54. The van der Waals surface area contributed by atoms with Gasteiger partial charge in [-0.25, -0.2) is 0 Å². The van der Waals surface area contributed by atoms with Crippen molar-refractivity contribution in [3.8, 4) is 0 Å². The highest BCUT2D eigenvalue weighted by Gasteiger charge is 2.45. The van der Waals surface area contributed by atoms with Gasteiger partial charge in [-0.1, -0.05) is 94.9 Å². The number of allylic oxidation sites excluding steroid dienone is 4. The predicted octanol–water partition coefficient (Wildman–Crippen LogP) is 8.16. The molecule has 0 bridgehead atoms. The number of hydrogen-bond acceptors (Lipinski definition) is 2. The van der Waals surface area contributed by atoms with Gasteiger partial charge in [0.1, 0.15) is 0 Å². The minimum Gasteiger partial charge on any atom is -0.337 e. The number of hydrogen-bond donors (Lipinski definition) is 0. The number of nitrogens with zero attached hydrogens (tertiary/aromatic N) is 2. The van der Waals surface area contributed by atoms with Crippen LogP contribution in [0.15, 0.2) is 90.7 Å². The summed E-state index contributed by atoms with van der Waals surface area (Å²) < 4.78 is 0. The molecular weight excluding hydrogens is 431 g/mol. The van der Waals surface area contributed by atoms with Crippen molar-refractivity contribution in [3.63, 3.8) is 0 Å². The van der Waals surface area contributed by atoms with E-state index in [9.17, 15) is 0 Å². The van der Waals surface area contributed by atoms with E-state index in [1.54, 1.807) is 0 Å². The molecule has 0 saturated carbocycles. The molecule has 2 nitrogen and oxygen atoms in total. The van der Waals surface area contributed by atoms with Crippen molar-refractivity contribution in [2.45, 2.75) is 38.1 Å². The van der Waals surface area contributed by atoms with Crippen LogP contribution in [0, 0.1) is 5.92 Å². The first-order valence-electron chi connectivity index (χ1n) is 12.2. The zero-order chi connectivity index (χ0) is 22.9. The third-order valence-electron chi connectivity index (χ3n) is 8.00. The lowest BCUT2D eigenvalue weighted by Gasteiger charge is -2.51. The van der Waals surface area contributed by atoms with Crippen LogP contribution < -0.4 is 4.90 Å². The topological polar surface area (TPSA) is 16.1 Å². The van der Waals surface area contributed by atoms with Gasteiger partial charge in [-0.15, -0.1) is 0 Å². The molecule has 4 aromatic rings. The zero-order valence-corrected chi connectivity index (χ0v) is 20.5. The molecule has 7 rings (SSSR count). The van der Waals surface area contributed by atoms with Gasteiger partial charge < -0.3 is 4.90 Å². The average molecular weight is 459 g/mol. The van der Waals surface area contributed by atoms with Gasteiger partial charge in [-0.3, -0.25) is 4.98 Å². The molecule has 2 heterocycles. The van der Waals surface area contributed by atoms with Crippen molar-refractivity contribution in [2.24, 2.45) is 5.92 Å². The summed E-state index contributed by atoms with van der Waals surface area (Å²) in [7, 11) is 1.27. The van der Waals surface area contributed by atoms with Crippen LogP contribution in [0.3, 0.4) is 0 Å². The molecule has 0 spiro atoms. The molecule has 1 aromatic heterocycles. The van der Waals surface area contributed by atoms with Crippen LogP contribution in [0.5, 0.6) is 0 Å². The Hall–Kier alpha value is -3.22. The largest absolute Gasteiger partial charge is 0.337 e. The van der Waals surface area contributed by atoms with E-state index < -0.39 is 0 Å². The molecule has 1 aliphatic heterocycles. The average Bonchev–Trinajstić information content (AvgIpc) is 2.87. The third kappa shape index (κ3) is 2.88. The second kappa shape index (κ2) is 7.39. The Labute approximate surface area is 202 Å². The standard InChI is InChI=1S/C31H27N2P/c1-31(2)23-11-5-7-13-27(23)33(30-22-10-4-3-9-20(22)15-17-24(30)31)21-16-18-29-26(19-21)32-25-12-6-8-14-28(25)34-29/h3-10,12-18,21,23H,11,19H2,1-2H3. The second-order valence-corrected chi connectivity index (χ2v) is 11.4. The lowest BCUT2D eigenvalue weighted by molar-refractivity contribution is 0.339. The van der Waals surface area contributed by atoms with Crippen molar-refractivity contribution >= 4 is 41.4 Å². The normalized spacial score (nSPS) is 22.5. The van der Waals surface area contributed by atoms with Crippen molar-refractivity contribution in [1.82, 2.24) is 4.98 Å². The first-order valence-corrected chi connectivity index (χ1v) is 13.1. The predicted molar refractivity (Wildman–Crippen MR) is 146 cm³/mol. The fourth-order valence-corrected chi connectivity index (χ4v) is 7.31. The van der Waals surface area contributed by atoms with Gasteiger partial charge in [-0.05, 0) is 35.6 Å². The zero-order valence-electron chi connectivity index (χ0n) is 19.6. The van der Waals surface area contributed by atoms with E-state index in [0.717, 1.165) is 18.4 Å². The molecule has 34 heavy (non-hydrogen) atoms. The molecule has 0 radical (unpaired) electrons. The van der Waals surface area contributed by atoms with Gasteiger partial charge in [0, 0.05) is 39.3 Å². The Morgan fingerprint density at radius 2 is 1.85 bits per heavy atom. The van der Waals surface area contributed by atoms with Gasteiger partial charge >= 0.3 is 0 Å². The number of anilines is 1. The van der Waals surface area contributed by atoms with Gasteiger partial charge in [0.05, 0.1) is 22.9 Å². The molecule has 3 aromatic carbocycles. The summed E-state index contributed by atoms with van der Waals surface area (Å²) in [4.78, 5) is 7.78. The maximum absolute atomic E-state index is 5.12. The smallest absolute Gasteiger partial charge is 0.0751 e. The van der Waals surface area contributed by atoms with Crippen LogP contribution >= 0.6 is 8.19 Å². The molecule has 3 heteroatoms. The van der Waals surface area contributed by atoms with Gasteiger partial charge in [-0.2, -0.15) is 0 Å². The summed E-state index contributed by atoms with van der Waals surface area (Å²) in [5.41, 5.74) is 6.73. The Kier molecular flexibility index (Phi) is 4.38. The van der Waals surface area contributed by atoms with E-state index in [2.05, 4.69) is 110 Å². The van der Waals surface area contributed by atoms with E-state index in [0.29, 0.717) is 5.92 Å². The van der Waals surface area contributed by atoms with Crippen LogP contribution in [0.1, 0.15) is 36.8 Å². The number of rotatable bonds is 1. The second-order valence-electron chi connectivity index (χ2n) is 10.3. The number of aromatic nitrogens is 1. The molecule has 2 aliphatic carbocycles. The first-order chi connectivity index (χ1) is 16.6. The summed E-state index contributed by atoms with van der Waals surface area (Å²) in [6.45, 7) is 4.86. The highest BCUT2D eigenvalue weighted by atomic mass is 31.0. The maximum Gasteiger partial charge on any atom is 0.0751 e. The van der Waals surface area contributed by atoms with E-state index in [-0.39, 0.29) is 11.5 Å². The Morgan fingerprint density at radius 1 is 1.00 bits per heavy atom. The van der Waals surface area contributed by atoms with Gasteiger partial charge in [0.2, 0.25) is 0 Å². The monoisotopic (exact) mass is 458 g/mol. The van der Waals surface area contributed by atoms with Crippen LogP contribution in [-0.2, 0) is 11.8 Å². The molecule has 2 unspecified atom stereocenters. The summed E-state index contributed by atoms with van der Waals surface area (Å²) in [6.07, 6.45) is 13.7. The van der Waals surface area contributed by atoms with Crippen LogP contribution in [0.25, 0.3) is 27.5 Å². The molecule has 3 aliphatic rings. The molecule has 2 atom stereocenters. The van der Waals surface area contributed by atoms with Crippen LogP contribution in [0.2, 0.25) is 0 Å². The summed E-state index contributed by atoms with van der Waals surface area (Å²) in [5, 5.41) is 5.31. The van der Waals surface area contributed by atoms with Crippen LogP contribution in [-0.4, -0.2) is 11.0 Å². The third-order valence-corrected chi connectivity index (χ3v) is 9.27. The molecular formula is C31H27N2P. The number of para-hydroxylation sites is 1. The van der Waals surface area contributed by atoms with Gasteiger partial charge in [0.25, 0.3) is 0 Å². The fourth-order valence-electron chi connectivity index (χ4n) is 6.22. The molecule has 0 amide bonds. The lowest BCUT2D eigenvalue weighted by Crippen LogP contribution is -2.48. The quantitative estimate of drug-likeness (QED) is 0.286. The van der Waals surface area contributed by atoms with E-state index in [1.807, 2.05) is 0 Å². The molecule has 0 fully saturated rings. The first kappa shape index (κ1) is 20.2. The minimum absolute atomic E-state index is 0.0715. The van der Waals surface area contributed by atoms with E-state index in [4.69, 9.17) is 4.98 Å². The van der Waals surface area contributed by atoms with Crippen molar-refractivity contribution < 1.29 is 0 Å². The molecule has 166 valence electrons. The molecule has 0 saturated heterocycles. The van der Waals surface area contributed by atoms with E-state index in [1.165, 1.54) is 52.0 Å². The Bertz CT molecular complexity index is 1560. The lowest BCUT2D eigenvalue weighted by atomic mass is 9.65. The minimum atomic E-state index is 0.0715. The van der Waals surface area contributed by atoms with E-state index >= 15 is 0 Å². The summed E-state index contributed by atoms with van der Waals surface area (Å²) >= 11 is 0. The highest BCUT2D eigenvalue weighted by molar-refractivity contribution is 7.38. The number of benzene rings is 3. The Balaban J connectivity index is 1.44. The fraction of sp³-hybridized carbons (Fsp3) is 0.226. The summed E-state index contributed by atoms with van der Waals surface area (Å²) in [6, 6.07) is 22.4. The molecule has 0 N–H and O–H groups in total. The summed E-state index contributed by atoms with van der Waals surface area (Å²) in [5.74, 6) is 0.470. The van der Waals surface area contributed by atoms with Crippen LogP contribution in [0.4, 0.5) is 5.69 Å². The van der Waals surface area contributed by atoms with Crippen molar-refractivity contribution in [2.75, 3.05) is 4.90 Å². The maximum atomic E-state index is 5.12. The number of fused-ring (bicyclic) bond motifs is 6. The van der Waals surface area contributed by atoms with Crippen molar-refractivity contribution in [1.29, 1.82) is 0 Å². The SMILES string of the molecule is CC1(C)c2ccc3ccccc3c2N(C2C=Cc3pc4ccccc4nc3C2)C2=CC=CCC21.